The van der Waals surface area contributed by atoms with Gasteiger partial charge in [-0.2, -0.15) is 0 Å². The quantitative estimate of drug-likeness (QED) is 0.490. The molecule has 0 aliphatic carbocycles. The standard InChI is InChI=1S/C19H17N5O4S/c1-3-24-13-5-4-10(8-12(13)21-17(26)19(24)28)18(27)23(2)9-14-20-11-6-7-29-15(11)16(25)22-14/h4-8H,3,9H2,1-2H3,(H,21,26)(H,20,22,25). The monoisotopic (exact) mass is 411 g/mol. The third-order valence-electron chi connectivity index (χ3n) is 4.64. The molecule has 0 spiro atoms. The lowest BCUT2D eigenvalue weighted by molar-refractivity contribution is 0.0781. The first kappa shape index (κ1) is 18.8. The predicted octanol–water partition coefficient (Wildman–Crippen LogP) is 1.28. The van der Waals surface area contributed by atoms with Crippen molar-refractivity contribution >= 4 is 38.5 Å². The Morgan fingerprint density at radius 2 is 1.97 bits per heavy atom. The van der Waals surface area contributed by atoms with Crippen molar-refractivity contribution in [2.45, 2.75) is 20.0 Å². The van der Waals surface area contributed by atoms with Gasteiger partial charge in [0, 0.05) is 19.2 Å². The molecule has 0 unspecified atom stereocenters. The molecule has 3 heterocycles. The molecule has 0 fully saturated rings. The van der Waals surface area contributed by atoms with Gasteiger partial charge in [-0.05, 0) is 36.6 Å². The van der Waals surface area contributed by atoms with Crippen LogP contribution in [0.25, 0.3) is 21.3 Å². The minimum atomic E-state index is -0.733. The van der Waals surface area contributed by atoms with Crippen LogP contribution >= 0.6 is 11.3 Å². The lowest BCUT2D eigenvalue weighted by Gasteiger charge is -2.17. The fraction of sp³-hybridized carbons (Fsp3) is 0.211. The molecule has 0 bridgehead atoms. The Hall–Kier alpha value is -3.53. The van der Waals surface area contributed by atoms with Gasteiger partial charge in [0.15, 0.2) is 0 Å². The predicted molar refractivity (Wildman–Crippen MR) is 111 cm³/mol. The molecular weight excluding hydrogens is 394 g/mol. The summed E-state index contributed by atoms with van der Waals surface area (Å²) in [5.74, 6) is 0.0702. The Morgan fingerprint density at radius 1 is 1.17 bits per heavy atom. The highest BCUT2D eigenvalue weighted by Crippen LogP contribution is 2.16. The summed E-state index contributed by atoms with van der Waals surface area (Å²) < 4.78 is 1.90. The number of benzene rings is 1. The molecule has 29 heavy (non-hydrogen) atoms. The second-order valence-electron chi connectivity index (χ2n) is 6.54. The van der Waals surface area contributed by atoms with Crippen LogP contribution < -0.4 is 16.7 Å². The largest absolute Gasteiger partial charge is 0.334 e. The molecule has 3 aromatic heterocycles. The van der Waals surface area contributed by atoms with Crippen molar-refractivity contribution < 1.29 is 4.79 Å². The van der Waals surface area contributed by atoms with E-state index in [-0.39, 0.29) is 18.0 Å². The lowest BCUT2D eigenvalue weighted by Crippen LogP contribution is -2.36. The van der Waals surface area contributed by atoms with Crippen molar-refractivity contribution in [3.05, 3.63) is 72.1 Å². The van der Waals surface area contributed by atoms with Crippen molar-refractivity contribution in [2.75, 3.05) is 7.05 Å². The van der Waals surface area contributed by atoms with E-state index in [2.05, 4.69) is 15.0 Å². The highest BCUT2D eigenvalue weighted by molar-refractivity contribution is 7.17. The fourth-order valence-corrected chi connectivity index (χ4v) is 3.97. The van der Waals surface area contributed by atoms with Crippen LogP contribution in [-0.4, -0.2) is 37.4 Å². The Morgan fingerprint density at radius 3 is 2.72 bits per heavy atom. The van der Waals surface area contributed by atoms with Gasteiger partial charge in [0.25, 0.3) is 11.5 Å². The van der Waals surface area contributed by atoms with E-state index in [9.17, 15) is 19.2 Å². The molecule has 148 valence electrons. The maximum atomic E-state index is 12.8. The summed E-state index contributed by atoms with van der Waals surface area (Å²) >= 11 is 1.31. The Labute approximate surface area is 167 Å². The molecule has 4 aromatic rings. The smallest absolute Gasteiger partial charge is 0.316 e. The van der Waals surface area contributed by atoms with Crippen molar-refractivity contribution in [3.63, 3.8) is 0 Å². The first-order valence-electron chi connectivity index (χ1n) is 8.87. The van der Waals surface area contributed by atoms with Gasteiger partial charge in [0.05, 0.1) is 23.1 Å². The SMILES string of the molecule is CCn1c(=O)c(=O)[nH]c2cc(C(=O)N(C)Cc3nc4ccsc4c(=O)[nH]3)ccc21. The van der Waals surface area contributed by atoms with Gasteiger partial charge >= 0.3 is 11.1 Å². The zero-order valence-electron chi connectivity index (χ0n) is 15.7. The number of fused-ring (bicyclic) bond motifs is 2. The minimum absolute atomic E-state index is 0.114. The van der Waals surface area contributed by atoms with E-state index >= 15 is 0 Å². The summed E-state index contributed by atoms with van der Waals surface area (Å²) in [4.78, 5) is 59.8. The second-order valence-corrected chi connectivity index (χ2v) is 7.46. The molecule has 0 saturated carbocycles. The minimum Gasteiger partial charge on any atom is -0.334 e. The molecule has 0 aliphatic rings. The van der Waals surface area contributed by atoms with Crippen molar-refractivity contribution in [1.82, 2.24) is 24.4 Å². The number of aromatic nitrogens is 4. The van der Waals surface area contributed by atoms with Gasteiger partial charge in [-0.1, -0.05) is 0 Å². The number of aromatic amines is 2. The van der Waals surface area contributed by atoms with Crippen LogP contribution in [-0.2, 0) is 13.1 Å². The molecule has 0 aliphatic heterocycles. The number of thiophene rings is 1. The first-order chi connectivity index (χ1) is 13.9. The molecule has 0 saturated heterocycles. The van der Waals surface area contributed by atoms with Crippen LogP contribution in [0.4, 0.5) is 0 Å². The third kappa shape index (κ3) is 3.27. The fourth-order valence-electron chi connectivity index (χ4n) is 3.24. The van der Waals surface area contributed by atoms with E-state index in [1.165, 1.54) is 20.8 Å². The summed E-state index contributed by atoms with van der Waals surface area (Å²) in [5, 5.41) is 1.79. The third-order valence-corrected chi connectivity index (χ3v) is 5.54. The normalized spacial score (nSPS) is 11.2. The van der Waals surface area contributed by atoms with Gasteiger partial charge in [-0.25, -0.2) is 4.98 Å². The maximum Gasteiger partial charge on any atom is 0.316 e. The van der Waals surface area contributed by atoms with E-state index in [4.69, 9.17) is 0 Å². The first-order valence-corrected chi connectivity index (χ1v) is 9.75. The van der Waals surface area contributed by atoms with E-state index in [0.29, 0.717) is 39.2 Å². The van der Waals surface area contributed by atoms with E-state index in [1.54, 1.807) is 43.6 Å². The molecule has 2 N–H and O–H groups in total. The number of carbonyl (C=O) groups excluding carboxylic acids is 1. The van der Waals surface area contributed by atoms with E-state index in [1.807, 2.05) is 0 Å². The molecule has 1 aromatic carbocycles. The van der Waals surface area contributed by atoms with Gasteiger partial charge in [0.2, 0.25) is 0 Å². The zero-order valence-corrected chi connectivity index (χ0v) is 16.5. The molecule has 0 radical (unpaired) electrons. The van der Waals surface area contributed by atoms with Crippen molar-refractivity contribution in [1.29, 1.82) is 0 Å². The van der Waals surface area contributed by atoms with Gasteiger partial charge in [-0.15, -0.1) is 11.3 Å². The number of hydrogen-bond acceptors (Lipinski definition) is 6. The number of amides is 1. The second kappa shape index (κ2) is 7.13. The van der Waals surface area contributed by atoms with Crippen LogP contribution in [0.2, 0.25) is 0 Å². The number of nitrogens with one attached hydrogen (secondary N) is 2. The summed E-state index contributed by atoms with van der Waals surface area (Å²) in [6.07, 6.45) is 0. The van der Waals surface area contributed by atoms with E-state index in [0.717, 1.165) is 0 Å². The molecular formula is C19H17N5O4S. The van der Waals surface area contributed by atoms with E-state index < -0.39 is 11.1 Å². The van der Waals surface area contributed by atoms with Crippen LogP contribution in [0.3, 0.4) is 0 Å². The summed E-state index contributed by atoms with van der Waals surface area (Å²) in [7, 11) is 1.60. The number of carbonyl (C=O) groups is 1. The Bertz CT molecular complexity index is 1430. The van der Waals surface area contributed by atoms with Crippen LogP contribution in [0.5, 0.6) is 0 Å². The number of hydrogen-bond donors (Lipinski definition) is 2. The summed E-state index contributed by atoms with van der Waals surface area (Å²) in [6.45, 7) is 2.23. The Kier molecular flexibility index (Phi) is 4.63. The lowest BCUT2D eigenvalue weighted by atomic mass is 10.1. The number of rotatable bonds is 4. The van der Waals surface area contributed by atoms with Gasteiger partial charge in [-0.3, -0.25) is 19.2 Å². The number of nitrogens with zero attached hydrogens (tertiary/aromatic N) is 3. The molecule has 0 atom stereocenters. The molecule has 4 rings (SSSR count). The average molecular weight is 411 g/mol. The molecule has 9 nitrogen and oxygen atoms in total. The molecule has 10 heteroatoms. The number of aryl methyl sites for hydroxylation is 1. The van der Waals surface area contributed by atoms with Crippen molar-refractivity contribution in [2.24, 2.45) is 0 Å². The zero-order chi connectivity index (χ0) is 20.7. The van der Waals surface area contributed by atoms with Crippen LogP contribution in [0, 0.1) is 0 Å². The maximum absolute atomic E-state index is 12.8. The number of H-pyrrole nitrogens is 2. The van der Waals surface area contributed by atoms with Gasteiger partial charge < -0.3 is 19.4 Å². The highest BCUT2D eigenvalue weighted by atomic mass is 32.1. The topological polar surface area (TPSA) is 121 Å². The highest BCUT2D eigenvalue weighted by Gasteiger charge is 2.16. The molecule has 1 amide bonds. The van der Waals surface area contributed by atoms with Crippen molar-refractivity contribution in [3.8, 4) is 0 Å². The average Bonchev–Trinajstić information content (AvgIpc) is 3.17. The van der Waals surface area contributed by atoms with Crippen LogP contribution in [0.15, 0.2) is 44.0 Å². The summed E-state index contributed by atoms with van der Waals surface area (Å²) in [6, 6.07) is 6.53. The Balaban J connectivity index is 1.66. The summed E-state index contributed by atoms with van der Waals surface area (Å²) in [5.41, 5.74) is 0.290. The van der Waals surface area contributed by atoms with Crippen LogP contribution in [0.1, 0.15) is 23.1 Å². The van der Waals surface area contributed by atoms with Gasteiger partial charge in [0.1, 0.15) is 10.5 Å².